The minimum absolute atomic E-state index is 0.0250. The molecule has 1 aliphatic rings. The molecule has 1 aromatic carbocycles. The van der Waals surface area contributed by atoms with Crippen molar-refractivity contribution in [2.75, 3.05) is 37.8 Å². The number of benzene rings is 1. The zero-order valence-electron chi connectivity index (χ0n) is 19.2. The Balaban J connectivity index is 1.45. The molecule has 33 heavy (non-hydrogen) atoms. The normalized spacial score (nSPS) is 15.5. The molecular formula is C24H30N4O4S. The topological polar surface area (TPSA) is 88.7 Å². The maximum Gasteiger partial charge on any atom is 0.251 e. The van der Waals surface area contributed by atoms with Crippen molar-refractivity contribution in [3.8, 4) is 27.8 Å². The average molecular weight is 471 g/mol. The lowest BCUT2D eigenvalue weighted by molar-refractivity contribution is 0.0939. The first-order chi connectivity index (χ1) is 16.1. The molecule has 0 aliphatic carbocycles. The predicted molar refractivity (Wildman–Crippen MR) is 130 cm³/mol. The van der Waals surface area contributed by atoms with Crippen LogP contribution < -0.4 is 24.4 Å². The minimum atomic E-state index is -0.159. The third kappa shape index (κ3) is 5.24. The van der Waals surface area contributed by atoms with Crippen molar-refractivity contribution in [2.24, 2.45) is 0 Å². The van der Waals surface area contributed by atoms with E-state index in [0.717, 1.165) is 29.4 Å². The smallest absolute Gasteiger partial charge is 0.251 e. The summed E-state index contributed by atoms with van der Waals surface area (Å²) in [5.41, 5.74) is 1.50. The fraction of sp³-hybridized carbons (Fsp3) is 0.417. The monoisotopic (exact) mass is 470 g/mol. The van der Waals surface area contributed by atoms with E-state index < -0.39 is 0 Å². The highest BCUT2D eigenvalue weighted by Gasteiger charge is 2.27. The summed E-state index contributed by atoms with van der Waals surface area (Å²) < 4.78 is 17.2. The number of nitrogens with zero attached hydrogens (tertiary/aromatic N) is 2. The van der Waals surface area contributed by atoms with E-state index in [0.29, 0.717) is 49.2 Å². The summed E-state index contributed by atoms with van der Waals surface area (Å²) in [5, 5.41) is 12.8. The van der Waals surface area contributed by atoms with Crippen LogP contribution in [0.1, 0.15) is 37.6 Å². The molecule has 1 fully saturated rings. The highest BCUT2D eigenvalue weighted by Crippen LogP contribution is 2.39. The second kappa shape index (κ2) is 10.6. The Morgan fingerprint density at radius 1 is 1.15 bits per heavy atom. The van der Waals surface area contributed by atoms with Crippen LogP contribution in [0.3, 0.4) is 0 Å². The maximum absolute atomic E-state index is 13.1. The Labute approximate surface area is 197 Å². The van der Waals surface area contributed by atoms with Crippen LogP contribution in [0.15, 0.2) is 35.7 Å². The number of carbonyl (C=O) groups excluding carboxylic acids is 1. The number of aromatic amines is 1. The lowest BCUT2D eigenvalue weighted by Gasteiger charge is -2.18. The lowest BCUT2D eigenvalue weighted by Crippen LogP contribution is -2.37. The molecule has 3 aromatic rings. The fourth-order valence-electron chi connectivity index (χ4n) is 3.91. The maximum atomic E-state index is 13.1. The molecule has 1 aliphatic heterocycles. The van der Waals surface area contributed by atoms with Gasteiger partial charge in [-0.2, -0.15) is 5.10 Å². The highest BCUT2D eigenvalue weighted by atomic mass is 32.1. The number of anilines is 1. The summed E-state index contributed by atoms with van der Waals surface area (Å²) in [5.74, 6) is 2.30. The van der Waals surface area contributed by atoms with Crippen LogP contribution in [0.2, 0.25) is 0 Å². The quantitative estimate of drug-likeness (QED) is 0.458. The molecule has 1 saturated heterocycles. The van der Waals surface area contributed by atoms with Crippen LogP contribution >= 0.6 is 11.3 Å². The largest absolute Gasteiger partial charge is 0.490 e. The van der Waals surface area contributed by atoms with Crippen molar-refractivity contribution < 1.29 is 19.0 Å². The van der Waals surface area contributed by atoms with Gasteiger partial charge in [0.15, 0.2) is 17.3 Å². The fourth-order valence-corrected chi connectivity index (χ4v) is 4.60. The van der Waals surface area contributed by atoms with Gasteiger partial charge in [0.25, 0.3) is 5.91 Å². The second-order valence-corrected chi connectivity index (χ2v) is 8.57. The summed E-state index contributed by atoms with van der Waals surface area (Å²) in [6.07, 6.45) is 0.848. The number of nitrogens with one attached hydrogen (secondary N) is 2. The van der Waals surface area contributed by atoms with E-state index in [1.54, 1.807) is 23.5 Å². The first-order valence-electron chi connectivity index (χ1n) is 11.3. The molecule has 0 radical (unpaired) electrons. The first kappa shape index (κ1) is 23.0. The lowest BCUT2D eigenvalue weighted by atomic mass is 10.1. The minimum Gasteiger partial charge on any atom is -0.490 e. The van der Waals surface area contributed by atoms with Gasteiger partial charge in [-0.3, -0.25) is 9.89 Å². The number of H-pyrrole nitrogens is 1. The van der Waals surface area contributed by atoms with Crippen LogP contribution in [0.4, 0.5) is 5.82 Å². The molecule has 4 rings (SSSR count). The Morgan fingerprint density at radius 2 is 1.88 bits per heavy atom. The molecule has 2 N–H and O–H groups in total. The molecule has 2 aromatic heterocycles. The SMILES string of the molecule is CCOc1cc(C(=O)NC2CCN(c3cc(-c4cccs4)[nH]n3)C2)cc(OCC)c1OCC. The number of hydrogen-bond acceptors (Lipinski definition) is 7. The molecule has 0 spiro atoms. The summed E-state index contributed by atoms with van der Waals surface area (Å²) in [6, 6.07) is 9.62. The van der Waals surface area contributed by atoms with E-state index in [1.807, 2.05) is 32.2 Å². The van der Waals surface area contributed by atoms with Crippen molar-refractivity contribution in [1.82, 2.24) is 15.5 Å². The van der Waals surface area contributed by atoms with Crippen molar-refractivity contribution in [3.05, 3.63) is 41.3 Å². The molecule has 1 atom stereocenters. The zero-order chi connectivity index (χ0) is 23.2. The number of ether oxygens (including phenoxy) is 3. The van der Waals surface area contributed by atoms with Crippen molar-refractivity contribution in [2.45, 2.75) is 33.2 Å². The van der Waals surface area contributed by atoms with Crippen LogP contribution in [0.25, 0.3) is 10.6 Å². The molecule has 3 heterocycles. The van der Waals surface area contributed by atoms with Crippen molar-refractivity contribution in [3.63, 3.8) is 0 Å². The van der Waals surface area contributed by atoms with E-state index >= 15 is 0 Å². The number of aromatic nitrogens is 2. The van der Waals surface area contributed by atoms with Crippen LogP contribution in [-0.4, -0.2) is 55.1 Å². The van der Waals surface area contributed by atoms with E-state index in [4.69, 9.17) is 14.2 Å². The van der Waals surface area contributed by atoms with Crippen LogP contribution in [0, 0.1) is 0 Å². The summed E-state index contributed by atoms with van der Waals surface area (Å²) >= 11 is 1.68. The average Bonchev–Trinajstić information content (AvgIpc) is 3.57. The standard InChI is InChI=1S/C24H30N4O4S/c1-4-30-19-12-16(13-20(31-5-2)23(19)32-6-3)24(29)25-17-9-10-28(15-17)22-14-18(26-27-22)21-8-7-11-33-21/h7-8,11-14,17H,4-6,9-10,15H2,1-3H3,(H,25,29)(H,26,27). The molecule has 1 unspecified atom stereocenters. The number of thiophene rings is 1. The number of carbonyl (C=O) groups is 1. The van der Waals surface area contributed by atoms with Gasteiger partial charge in [0.05, 0.1) is 30.4 Å². The van der Waals surface area contributed by atoms with Gasteiger partial charge in [-0.1, -0.05) is 6.07 Å². The van der Waals surface area contributed by atoms with Gasteiger partial charge >= 0.3 is 0 Å². The number of rotatable bonds is 10. The van der Waals surface area contributed by atoms with Crippen LogP contribution in [0.5, 0.6) is 17.2 Å². The summed E-state index contributed by atoms with van der Waals surface area (Å²) in [4.78, 5) is 16.4. The molecule has 9 heteroatoms. The number of hydrogen-bond donors (Lipinski definition) is 2. The molecule has 1 amide bonds. The van der Waals surface area contributed by atoms with Crippen molar-refractivity contribution >= 4 is 23.1 Å². The van der Waals surface area contributed by atoms with Gasteiger partial charge in [-0.05, 0) is 50.8 Å². The van der Waals surface area contributed by atoms with E-state index in [-0.39, 0.29) is 11.9 Å². The van der Waals surface area contributed by atoms with E-state index in [2.05, 4.69) is 32.5 Å². The Kier molecular flexibility index (Phi) is 7.39. The molecule has 176 valence electrons. The third-order valence-corrected chi connectivity index (χ3v) is 6.27. The van der Waals surface area contributed by atoms with Gasteiger partial charge < -0.3 is 24.4 Å². The highest BCUT2D eigenvalue weighted by molar-refractivity contribution is 7.13. The molecule has 8 nitrogen and oxygen atoms in total. The van der Waals surface area contributed by atoms with Gasteiger partial charge in [-0.15, -0.1) is 11.3 Å². The Hall–Kier alpha value is -3.20. The second-order valence-electron chi connectivity index (χ2n) is 7.62. The van der Waals surface area contributed by atoms with Gasteiger partial charge in [-0.25, -0.2) is 0 Å². The van der Waals surface area contributed by atoms with E-state index in [9.17, 15) is 4.79 Å². The Morgan fingerprint density at radius 3 is 2.52 bits per heavy atom. The summed E-state index contributed by atoms with van der Waals surface area (Å²) in [6.45, 7) is 8.64. The predicted octanol–water partition coefficient (Wildman–Crippen LogP) is 4.34. The molecular weight excluding hydrogens is 440 g/mol. The van der Waals surface area contributed by atoms with Crippen molar-refractivity contribution in [1.29, 1.82) is 0 Å². The van der Waals surface area contributed by atoms with Gasteiger partial charge in [0.2, 0.25) is 5.75 Å². The first-order valence-corrected chi connectivity index (χ1v) is 12.2. The number of amides is 1. The molecule has 0 saturated carbocycles. The van der Waals surface area contributed by atoms with Gasteiger partial charge in [0.1, 0.15) is 0 Å². The van der Waals surface area contributed by atoms with Gasteiger partial charge in [0, 0.05) is 30.8 Å². The Bertz CT molecular complexity index is 1040. The van der Waals surface area contributed by atoms with E-state index in [1.165, 1.54) is 0 Å². The zero-order valence-corrected chi connectivity index (χ0v) is 20.0. The van der Waals surface area contributed by atoms with Crippen LogP contribution in [-0.2, 0) is 0 Å². The molecule has 0 bridgehead atoms. The summed E-state index contributed by atoms with van der Waals surface area (Å²) in [7, 11) is 0. The third-order valence-electron chi connectivity index (χ3n) is 5.37.